The van der Waals surface area contributed by atoms with Gasteiger partial charge in [-0.2, -0.15) is 28.1 Å². The third-order valence-electron chi connectivity index (χ3n) is 4.75. The summed E-state index contributed by atoms with van der Waals surface area (Å²) in [5, 5.41) is 10.9. The van der Waals surface area contributed by atoms with Crippen LogP contribution in [0.1, 0.15) is 30.5 Å². The summed E-state index contributed by atoms with van der Waals surface area (Å²) in [6.45, 7) is 20.2. The first-order chi connectivity index (χ1) is 18.1. The first-order valence-corrected chi connectivity index (χ1v) is 11.7. The Labute approximate surface area is 284 Å². The number of aromatic nitrogens is 3. The summed E-state index contributed by atoms with van der Waals surface area (Å²) in [7, 11) is 0. The zero-order valence-electron chi connectivity index (χ0n) is 25.2. The number of carbonyl (C=O) groups excluding carboxylic acids is 1. The molecule has 2 aromatic heterocycles. The summed E-state index contributed by atoms with van der Waals surface area (Å²) in [6.07, 6.45) is 12.5. The Kier molecular flexibility index (Phi) is 32.8. The van der Waals surface area contributed by atoms with Gasteiger partial charge in [-0.1, -0.05) is 18.2 Å². The number of anilines is 1. The number of pyridine rings is 1. The molecule has 0 saturated heterocycles. The number of fused-ring (bicyclic) bond motifs is 1. The van der Waals surface area contributed by atoms with Crippen molar-refractivity contribution in [3.05, 3.63) is 115 Å². The Balaban J connectivity index is -0.000000317. The molecule has 0 aliphatic heterocycles. The van der Waals surface area contributed by atoms with E-state index in [0.717, 1.165) is 41.1 Å². The van der Waals surface area contributed by atoms with Gasteiger partial charge in [0.25, 0.3) is 0 Å². The van der Waals surface area contributed by atoms with E-state index in [-0.39, 0.29) is 64.0 Å². The average Bonchev–Trinajstić information content (AvgIpc) is 2.94. The molecule has 2 heterocycles. The number of nitriles is 1. The Bertz CT molecular complexity index is 1060. The molecule has 0 bridgehead atoms. The number of rotatable bonds is 12. The molecule has 0 aliphatic rings. The van der Waals surface area contributed by atoms with E-state index in [4.69, 9.17) is 14.8 Å². The van der Waals surface area contributed by atoms with Crippen LogP contribution in [0.25, 0.3) is 10.8 Å². The number of unbranched alkanes of at least 4 members (excludes halogenated alkanes) is 3. The van der Waals surface area contributed by atoms with Crippen molar-refractivity contribution in [2.75, 3.05) is 24.6 Å². The number of hydrogen-bond acceptors (Lipinski definition) is 7. The van der Waals surface area contributed by atoms with Gasteiger partial charge in [-0.25, -0.2) is 49.1 Å². The van der Waals surface area contributed by atoms with Crippen LogP contribution in [0.3, 0.4) is 0 Å². The number of nitrogens with zero attached hydrogens (tertiary/aromatic N) is 5. The van der Waals surface area contributed by atoms with Crippen LogP contribution in [0.4, 0.5) is 5.82 Å². The Morgan fingerprint density at radius 3 is 2.41 bits per heavy atom. The van der Waals surface area contributed by atoms with Crippen LogP contribution in [0.15, 0.2) is 49.3 Å². The molecule has 0 N–H and O–H groups in total. The van der Waals surface area contributed by atoms with Crippen LogP contribution in [0, 0.1) is 65.4 Å². The van der Waals surface area contributed by atoms with Gasteiger partial charge in [-0.05, 0) is 25.3 Å². The van der Waals surface area contributed by atoms with E-state index in [0.29, 0.717) is 44.2 Å². The molecule has 206 valence electrons. The molecule has 0 radical (unpaired) electrons. The van der Waals surface area contributed by atoms with E-state index in [2.05, 4.69) is 61.4 Å². The minimum atomic E-state index is 0. The number of benzene rings is 1. The third-order valence-corrected chi connectivity index (χ3v) is 4.75. The molecule has 0 fully saturated rings. The van der Waals surface area contributed by atoms with Crippen molar-refractivity contribution in [2.24, 2.45) is 0 Å². The van der Waals surface area contributed by atoms with Crippen molar-refractivity contribution in [3.8, 4) is 12.1 Å². The van der Waals surface area contributed by atoms with E-state index in [1.165, 1.54) is 6.29 Å². The van der Waals surface area contributed by atoms with E-state index < -0.39 is 0 Å². The fraction of sp³-hybridized carbons (Fsp3) is 0.226. The maximum absolute atomic E-state index is 8.93. The predicted octanol–water partition coefficient (Wildman–Crippen LogP) is -3.23. The molecule has 0 atom stereocenters. The SMILES string of the molecule is C=C[C-]=O.[CH2-]CC[CH-]COc1nc([CH2-])c(C[CH2-])c(N(C[CH2-])C[CH-]CC#N)n1.[CH3-].[Li+].[Li+].[Li+].[c-]1cncc2ccccc12. The first-order valence-electron chi connectivity index (χ1n) is 11.7. The van der Waals surface area contributed by atoms with Gasteiger partial charge in [0.05, 0.1) is 0 Å². The van der Waals surface area contributed by atoms with Gasteiger partial charge in [0.1, 0.15) is 0 Å². The second-order valence-electron chi connectivity index (χ2n) is 7.30. The van der Waals surface area contributed by atoms with Crippen LogP contribution >= 0.6 is 0 Å². The van der Waals surface area contributed by atoms with Crippen LogP contribution in [0.5, 0.6) is 6.01 Å². The van der Waals surface area contributed by atoms with Crippen molar-refractivity contribution in [1.29, 1.82) is 5.26 Å². The molecular weight excluding hydrogens is 495 g/mol. The molecule has 0 saturated carbocycles. The average molecular weight is 531 g/mol. The zero-order chi connectivity index (χ0) is 27.3. The second-order valence-corrected chi connectivity index (χ2v) is 7.30. The molecule has 0 amide bonds. The molecule has 10 heteroatoms. The van der Waals surface area contributed by atoms with E-state index in [9.17, 15) is 0 Å². The first kappa shape index (κ1) is 45.8. The van der Waals surface area contributed by atoms with Crippen molar-refractivity contribution >= 4 is 22.9 Å². The monoisotopic (exact) mass is 531 g/mol. The normalized spacial score (nSPS) is 8.73. The number of ether oxygens (including phenoxy) is 1. The summed E-state index contributed by atoms with van der Waals surface area (Å²) >= 11 is 0. The molecule has 1 aromatic carbocycles. The summed E-state index contributed by atoms with van der Waals surface area (Å²) in [6, 6.07) is 13.5. The molecule has 7 nitrogen and oxygen atoms in total. The van der Waals surface area contributed by atoms with Gasteiger partial charge in [-0.3, -0.25) is 17.8 Å². The summed E-state index contributed by atoms with van der Waals surface area (Å²) in [5.74, 6) is 0.719. The van der Waals surface area contributed by atoms with Crippen molar-refractivity contribution in [2.45, 2.75) is 25.7 Å². The van der Waals surface area contributed by atoms with Gasteiger partial charge in [-0.15, -0.1) is 30.6 Å². The van der Waals surface area contributed by atoms with Gasteiger partial charge in [0.2, 0.25) is 0 Å². The maximum Gasteiger partial charge on any atom is 1.00 e. The van der Waals surface area contributed by atoms with Crippen LogP contribution < -0.4 is 66.2 Å². The van der Waals surface area contributed by atoms with Gasteiger partial charge in [0.15, 0.2) is 0 Å². The molecule has 0 spiro atoms. The van der Waals surface area contributed by atoms with Crippen LogP contribution in [-0.4, -0.2) is 40.9 Å². The Morgan fingerprint density at radius 2 is 1.85 bits per heavy atom. The quantitative estimate of drug-likeness (QED) is 0.105. The molecule has 41 heavy (non-hydrogen) atoms. The van der Waals surface area contributed by atoms with E-state index in [1.807, 2.05) is 48.2 Å². The van der Waals surface area contributed by atoms with Gasteiger partial charge < -0.3 is 42.6 Å². The third kappa shape index (κ3) is 18.1. The summed E-state index contributed by atoms with van der Waals surface area (Å²) < 4.78 is 5.57. The van der Waals surface area contributed by atoms with Crippen LogP contribution in [-0.2, 0) is 11.2 Å². The largest absolute Gasteiger partial charge is 1.00 e. The Hall–Kier alpha value is -2.13. The Morgan fingerprint density at radius 1 is 1.17 bits per heavy atom. The molecule has 3 rings (SSSR count). The number of allylic oxidation sites excluding steroid dienone is 1. The molecule has 0 aliphatic carbocycles. The van der Waals surface area contributed by atoms with E-state index >= 15 is 0 Å². The smallest absolute Gasteiger partial charge is 0.496 e. The van der Waals surface area contributed by atoms with Gasteiger partial charge in [0, 0.05) is 11.9 Å². The molecule has 3 aromatic rings. The fourth-order valence-electron chi connectivity index (χ4n) is 2.97. The van der Waals surface area contributed by atoms with Crippen LogP contribution in [0.2, 0.25) is 0 Å². The molecule has 0 unspecified atom stereocenters. The minimum absolute atomic E-state index is 0. The molecular formula is C31H36Li3N5O2-6. The minimum Gasteiger partial charge on any atom is -0.496 e. The zero-order valence-corrected chi connectivity index (χ0v) is 25.2. The maximum atomic E-state index is 8.93. The predicted molar refractivity (Wildman–Crippen MR) is 155 cm³/mol. The summed E-state index contributed by atoms with van der Waals surface area (Å²) in [5.41, 5.74) is 1.48. The van der Waals surface area contributed by atoms with Crippen molar-refractivity contribution in [1.82, 2.24) is 15.0 Å². The van der Waals surface area contributed by atoms with Crippen molar-refractivity contribution < 1.29 is 66.1 Å². The second kappa shape index (κ2) is 29.4. The van der Waals surface area contributed by atoms with Gasteiger partial charge >= 0.3 is 62.6 Å². The fourth-order valence-corrected chi connectivity index (χ4v) is 2.97. The topological polar surface area (TPSA) is 92.0 Å². The standard InChI is InChI=1S/C18H24N4O.C9H6N.C3H3O.CH3.3Li/c1-5-8-11-14-23-18-20-15(4)16(6-2)17(21-18)22(7-3)13-10-9-12-19;1-2-4-9-7-10-6-5-8(9)3-1;1-2-3-4;;;;/h10-11H,1-9,13-14H2;1-4,6-7H;2H,1H2;1H3;;;/q-6;3*-1;3*+1. The van der Waals surface area contributed by atoms with Crippen molar-refractivity contribution in [3.63, 3.8) is 0 Å². The van der Waals surface area contributed by atoms with E-state index in [1.54, 1.807) is 6.20 Å². The number of hydrogen-bond donors (Lipinski definition) is 0. The summed E-state index contributed by atoms with van der Waals surface area (Å²) in [4.78, 5) is 23.6.